The van der Waals surface area contributed by atoms with Crippen molar-refractivity contribution >= 4 is 6.21 Å². The third-order valence-electron chi connectivity index (χ3n) is 2.01. The second kappa shape index (κ2) is 4.14. The molecule has 2 rings (SSSR count). The summed E-state index contributed by atoms with van der Waals surface area (Å²) in [7, 11) is 0. The average Bonchev–Trinajstić information content (AvgIpc) is 2.67. The highest BCUT2D eigenvalue weighted by atomic mass is 19.1. The molecule has 0 atom stereocenters. The van der Waals surface area contributed by atoms with Crippen LogP contribution in [0.2, 0.25) is 0 Å². The molecule has 0 aliphatic heterocycles. The molecule has 2 aromatic rings. The number of benzene rings is 1. The predicted octanol–water partition coefficient (Wildman–Crippen LogP) is 3.03. The van der Waals surface area contributed by atoms with Crippen LogP contribution in [0.15, 0.2) is 39.9 Å². The van der Waals surface area contributed by atoms with Gasteiger partial charge in [0.05, 0.1) is 5.56 Å². The number of oxime groups is 1. The van der Waals surface area contributed by atoms with Gasteiger partial charge in [-0.3, -0.25) is 0 Å². The van der Waals surface area contributed by atoms with Crippen molar-refractivity contribution in [2.75, 3.05) is 0 Å². The van der Waals surface area contributed by atoms with Crippen molar-refractivity contribution in [3.8, 4) is 11.3 Å². The number of furan rings is 1. The van der Waals surface area contributed by atoms with E-state index < -0.39 is 11.6 Å². The van der Waals surface area contributed by atoms with Gasteiger partial charge < -0.3 is 9.62 Å². The molecule has 0 radical (unpaired) electrons. The van der Waals surface area contributed by atoms with Crippen LogP contribution in [0, 0.1) is 11.6 Å². The van der Waals surface area contributed by atoms with Crippen LogP contribution in [0.25, 0.3) is 11.3 Å². The highest BCUT2D eigenvalue weighted by Crippen LogP contribution is 2.24. The summed E-state index contributed by atoms with van der Waals surface area (Å²) >= 11 is 0. The lowest BCUT2D eigenvalue weighted by Crippen LogP contribution is -1.84. The highest BCUT2D eigenvalue weighted by molar-refractivity contribution is 5.76. The molecular formula is C11H7F2NO2. The molecule has 1 N–H and O–H groups in total. The summed E-state index contributed by atoms with van der Waals surface area (Å²) in [5.41, 5.74) is 0.152. The van der Waals surface area contributed by atoms with Gasteiger partial charge in [0.25, 0.3) is 0 Å². The summed E-state index contributed by atoms with van der Waals surface area (Å²) in [6, 6.07) is 6.22. The van der Waals surface area contributed by atoms with E-state index in [0.29, 0.717) is 0 Å². The minimum atomic E-state index is -0.707. The molecule has 82 valence electrons. The lowest BCUT2D eigenvalue weighted by atomic mass is 10.1. The van der Waals surface area contributed by atoms with Gasteiger partial charge >= 0.3 is 0 Å². The Hall–Kier alpha value is -2.17. The van der Waals surface area contributed by atoms with Gasteiger partial charge in [0.2, 0.25) is 0 Å². The molecule has 1 heterocycles. The fourth-order valence-electron chi connectivity index (χ4n) is 1.31. The molecular weight excluding hydrogens is 216 g/mol. The molecule has 0 aliphatic carbocycles. The molecule has 0 unspecified atom stereocenters. The maximum absolute atomic E-state index is 13.3. The van der Waals surface area contributed by atoms with E-state index in [9.17, 15) is 8.78 Å². The normalized spacial score (nSPS) is 11.1. The first-order valence-corrected chi connectivity index (χ1v) is 4.43. The van der Waals surface area contributed by atoms with Gasteiger partial charge in [-0.1, -0.05) is 5.16 Å². The summed E-state index contributed by atoms with van der Waals surface area (Å²) < 4.78 is 31.2. The van der Waals surface area contributed by atoms with Crippen LogP contribution >= 0.6 is 0 Å². The molecule has 16 heavy (non-hydrogen) atoms. The van der Waals surface area contributed by atoms with Gasteiger partial charge in [0, 0.05) is 6.07 Å². The maximum atomic E-state index is 13.3. The summed E-state index contributed by atoms with van der Waals surface area (Å²) in [5.74, 6) is -0.833. The number of nitrogens with zero attached hydrogens (tertiary/aromatic N) is 1. The zero-order chi connectivity index (χ0) is 11.5. The molecule has 1 aromatic heterocycles. The third-order valence-corrected chi connectivity index (χ3v) is 2.01. The van der Waals surface area contributed by atoms with Gasteiger partial charge in [-0.15, -0.1) is 0 Å². The summed E-state index contributed by atoms with van der Waals surface area (Å²) in [6.45, 7) is 0. The minimum absolute atomic E-state index is 0.152. The van der Waals surface area contributed by atoms with E-state index in [0.717, 1.165) is 18.3 Å². The smallest absolute Gasteiger partial charge is 0.149 e. The molecule has 0 saturated heterocycles. The number of hydrogen-bond acceptors (Lipinski definition) is 3. The number of hydrogen-bond donors (Lipinski definition) is 1. The standard InChI is InChI=1S/C11H7F2NO2/c12-7-1-3-9(10(13)5-7)11-4-2-8(16-11)6-14-15/h1-6,15H/b14-6+. The molecule has 3 nitrogen and oxygen atoms in total. The second-order valence-electron chi connectivity index (χ2n) is 3.07. The van der Waals surface area contributed by atoms with E-state index in [2.05, 4.69) is 5.16 Å². The summed E-state index contributed by atoms with van der Waals surface area (Å²) in [4.78, 5) is 0. The number of rotatable bonds is 2. The topological polar surface area (TPSA) is 45.7 Å². The lowest BCUT2D eigenvalue weighted by molar-refractivity contribution is 0.321. The Kier molecular flexibility index (Phi) is 2.68. The maximum Gasteiger partial charge on any atom is 0.149 e. The van der Waals surface area contributed by atoms with Crippen LogP contribution in [0.4, 0.5) is 8.78 Å². The SMILES string of the molecule is O/N=C/c1ccc(-c2ccc(F)cc2F)o1. The Balaban J connectivity index is 2.42. The first-order valence-electron chi connectivity index (χ1n) is 4.43. The van der Waals surface area contributed by atoms with Crippen molar-refractivity contribution in [3.05, 3.63) is 47.7 Å². The third kappa shape index (κ3) is 1.93. The average molecular weight is 223 g/mol. The Morgan fingerprint density at radius 2 is 2.00 bits per heavy atom. The molecule has 0 amide bonds. The van der Waals surface area contributed by atoms with Crippen LogP contribution in [-0.4, -0.2) is 11.4 Å². The molecule has 1 aromatic carbocycles. The van der Waals surface area contributed by atoms with E-state index in [1.807, 2.05) is 0 Å². The highest BCUT2D eigenvalue weighted by Gasteiger charge is 2.09. The van der Waals surface area contributed by atoms with Crippen LogP contribution in [0.3, 0.4) is 0 Å². The van der Waals surface area contributed by atoms with Gasteiger partial charge in [0.1, 0.15) is 29.4 Å². The Bertz CT molecular complexity index is 535. The van der Waals surface area contributed by atoms with Crippen molar-refractivity contribution in [1.82, 2.24) is 0 Å². The number of halogens is 2. The Morgan fingerprint density at radius 3 is 2.69 bits per heavy atom. The Morgan fingerprint density at radius 1 is 1.19 bits per heavy atom. The first-order chi connectivity index (χ1) is 7.70. The van der Waals surface area contributed by atoms with Crippen molar-refractivity contribution in [2.45, 2.75) is 0 Å². The zero-order valence-corrected chi connectivity index (χ0v) is 8.02. The van der Waals surface area contributed by atoms with Crippen molar-refractivity contribution in [3.63, 3.8) is 0 Å². The van der Waals surface area contributed by atoms with E-state index in [4.69, 9.17) is 9.62 Å². The van der Waals surface area contributed by atoms with Crippen LogP contribution in [0.5, 0.6) is 0 Å². The van der Waals surface area contributed by atoms with Crippen LogP contribution < -0.4 is 0 Å². The molecule has 0 spiro atoms. The van der Waals surface area contributed by atoms with Gasteiger partial charge in [-0.25, -0.2) is 8.78 Å². The fourth-order valence-corrected chi connectivity index (χ4v) is 1.31. The zero-order valence-electron chi connectivity index (χ0n) is 8.02. The largest absolute Gasteiger partial charge is 0.455 e. The molecule has 0 aliphatic rings. The van der Waals surface area contributed by atoms with E-state index >= 15 is 0 Å². The fraction of sp³-hybridized carbons (Fsp3) is 0. The van der Waals surface area contributed by atoms with Crippen molar-refractivity contribution in [1.29, 1.82) is 0 Å². The molecule has 0 saturated carbocycles. The van der Waals surface area contributed by atoms with Crippen LogP contribution in [0.1, 0.15) is 5.76 Å². The van der Waals surface area contributed by atoms with Gasteiger partial charge in [-0.05, 0) is 24.3 Å². The van der Waals surface area contributed by atoms with Crippen molar-refractivity contribution < 1.29 is 18.4 Å². The van der Waals surface area contributed by atoms with Crippen LogP contribution in [-0.2, 0) is 0 Å². The van der Waals surface area contributed by atoms with E-state index in [-0.39, 0.29) is 17.1 Å². The summed E-state index contributed by atoms with van der Waals surface area (Å²) in [6.07, 6.45) is 1.07. The molecule has 0 fully saturated rings. The lowest BCUT2D eigenvalue weighted by Gasteiger charge is -1.98. The molecule has 0 bridgehead atoms. The van der Waals surface area contributed by atoms with Crippen molar-refractivity contribution in [2.24, 2.45) is 5.16 Å². The second-order valence-corrected chi connectivity index (χ2v) is 3.07. The monoisotopic (exact) mass is 223 g/mol. The predicted molar refractivity (Wildman–Crippen MR) is 53.4 cm³/mol. The van der Waals surface area contributed by atoms with E-state index in [1.165, 1.54) is 18.2 Å². The van der Waals surface area contributed by atoms with Gasteiger partial charge in [-0.2, -0.15) is 0 Å². The first kappa shape index (κ1) is 10.4. The Labute approximate surface area is 89.6 Å². The quantitative estimate of drug-likeness (QED) is 0.483. The minimum Gasteiger partial charge on any atom is -0.455 e. The van der Waals surface area contributed by atoms with E-state index in [1.54, 1.807) is 0 Å². The summed E-state index contributed by atoms with van der Waals surface area (Å²) in [5, 5.41) is 11.1. The van der Waals surface area contributed by atoms with Gasteiger partial charge in [0.15, 0.2) is 0 Å². The molecule has 5 heteroatoms.